The highest BCUT2D eigenvalue weighted by atomic mass is 32.2. The van der Waals surface area contributed by atoms with E-state index in [9.17, 15) is 13.2 Å². The van der Waals surface area contributed by atoms with Crippen LogP contribution in [0.5, 0.6) is 0 Å². The lowest BCUT2D eigenvalue weighted by Gasteiger charge is -2.15. The van der Waals surface area contributed by atoms with Gasteiger partial charge in [0, 0.05) is 18.5 Å². The summed E-state index contributed by atoms with van der Waals surface area (Å²) in [5, 5.41) is 3.80. The molecule has 1 aliphatic heterocycles. The number of nitrogens with zero attached hydrogens (tertiary/aromatic N) is 1. The minimum Gasteiger partial charge on any atom is -0.355 e. The first-order valence-electron chi connectivity index (χ1n) is 6.08. The summed E-state index contributed by atoms with van der Waals surface area (Å²) >= 11 is 0. The third-order valence-electron chi connectivity index (χ3n) is 2.82. The van der Waals surface area contributed by atoms with Gasteiger partial charge in [-0.25, -0.2) is 8.42 Å². The largest absolute Gasteiger partial charge is 0.355 e. The van der Waals surface area contributed by atoms with Crippen molar-refractivity contribution in [2.45, 2.75) is 6.42 Å². The first-order chi connectivity index (χ1) is 9.08. The molecule has 0 radical (unpaired) electrons. The Bertz CT molecular complexity index is 567. The average molecular weight is 280 g/mol. The van der Waals surface area contributed by atoms with Crippen LogP contribution in [-0.4, -0.2) is 38.3 Å². The first kappa shape index (κ1) is 13.8. The highest BCUT2D eigenvalue weighted by molar-refractivity contribution is 7.92. The van der Waals surface area contributed by atoms with Crippen molar-refractivity contribution in [1.29, 1.82) is 0 Å². The molecular weight excluding hydrogens is 264 g/mol. The van der Waals surface area contributed by atoms with Crippen molar-refractivity contribution < 1.29 is 13.2 Å². The maximum Gasteiger partial charge on any atom is 0.236 e. The molecule has 2 rings (SSSR count). The smallest absolute Gasteiger partial charge is 0.236 e. The molecule has 0 saturated carbocycles. The van der Waals surface area contributed by atoms with Gasteiger partial charge in [-0.15, -0.1) is 0 Å². The van der Waals surface area contributed by atoms with Crippen LogP contribution >= 0.6 is 0 Å². The minimum atomic E-state index is -3.55. The van der Waals surface area contributed by atoms with Crippen molar-refractivity contribution in [2.24, 2.45) is 0 Å². The second kappa shape index (κ2) is 5.99. The van der Waals surface area contributed by atoms with Crippen molar-refractivity contribution in [1.82, 2.24) is 9.62 Å². The van der Waals surface area contributed by atoms with Crippen LogP contribution in [0.1, 0.15) is 12.0 Å². The average Bonchev–Trinajstić information content (AvgIpc) is 2.63. The molecule has 0 spiro atoms. The van der Waals surface area contributed by atoms with E-state index in [0.717, 1.165) is 11.0 Å². The molecule has 0 unspecified atom stereocenters. The summed E-state index contributed by atoms with van der Waals surface area (Å²) in [4.78, 5) is 11.4. The summed E-state index contributed by atoms with van der Waals surface area (Å²) in [6, 6.07) is 9.19. The van der Waals surface area contributed by atoms with Gasteiger partial charge in [0.15, 0.2) is 0 Å². The highest BCUT2D eigenvalue weighted by Gasteiger charge is 2.23. The fourth-order valence-electron chi connectivity index (χ4n) is 1.81. The van der Waals surface area contributed by atoms with Crippen LogP contribution in [0.15, 0.2) is 35.7 Å². The SMILES string of the molecule is O=C1CN(S(=O)(=O)C=Cc2ccccc2)CCCN1. The first-order valence-corrected chi connectivity index (χ1v) is 7.58. The fourth-order valence-corrected chi connectivity index (χ4v) is 2.99. The van der Waals surface area contributed by atoms with E-state index in [1.807, 2.05) is 30.3 Å². The van der Waals surface area contributed by atoms with Crippen molar-refractivity contribution in [3.8, 4) is 0 Å². The molecule has 0 aliphatic carbocycles. The summed E-state index contributed by atoms with van der Waals surface area (Å²) in [6.45, 7) is 0.773. The number of nitrogens with one attached hydrogen (secondary N) is 1. The zero-order chi connectivity index (χ0) is 13.7. The molecule has 102 valence electrons. The molecule has 0 aromatic heterocycles. The molecule has 1 fully saturated rings. The van der Waals surface area contributed by atoms with Crippen LogP contribution in [0.4, 0.5) is 0 Å². The zero-order valence-electron chi connectivity index (χ0n) is 10.5. The number of carbonyl (C=O) groups excluding carboxylic acids is 1. The maximum atomic E-state index is 12.1. The van der Waals surface area contributed by atoms with Crippen molar-refractivity contribution in [3.63, 3.8) is 0 Å². The van der Waals surface area contributed by atoms with Crippen LogP contribution in [-0.2, 0) is 14.8 Å². The number of amides is 1. The van der Waals surface area contributed by atoms with Crippen molar-refractivity contribution in [3.05, 3.63) is 41.3 Å². The summed E-state index contributed by atoms with van der Waals surface area (Å²) in [7, 11) is -3.55. The van der Waals surface area contributed by atoms with Gasteiger partial charge in [-0.1, -0.05) is 30.3 Å². The number of hydrogen-bond acceptors (Lipinski definition) is 3. The molecule has 0 bridgehead atoms. The Kier molecular flexibility index (Phi) is 4.34. The van der Waals surface area contributed by atoms with Gasteiger partial charge < -0.3 is 5.32 Å². The maximum absolute atomic E-state index is 12.1. The lowest BCUT2D eigenvalue weighted by atomic mass is 10.2. The number of sulfonamides is 1. The Morgan fingerprint density at radius 1 is 1.21 bits per heavy atom. The van der Waals surface area contributed by atoms with E-state index in [4.69, 9.17) is 0 Å². The Labute approximate surface area is 113 Å². The van der Waals surface area contributed by atoms with Gasteiger partial charge in [0.05, 0.1) is 6.54 Å². The lowest BCUT2D eigenvalue weighted by molar-refractivity contribution is -0.120. The molecule has 1 N–H and O–H groups in total. The molecule has 1 amide bonds. The third-order valence-corrected chi connectivity index (χ3v) is 4.33. The van der Waals surface area contributed by atoms with Crippen molar-refractivity contribution >= 4 is 22.0 Å². The molecule has 1 aromatic rings. The van der Waals surface area contributed by atoms with Gasteiger partial charge >= 0.3 is 0 Å². The van der Waals surface area contributed by atoms with Crippen LogP contribution in [0.2, 0.25) is 0 Å². The van der Waals surface area contributed by atoms with Crippen LogP contribution in [0.25, 0.3) is 6.08 Å². The van der Waals surface area contributed by atoms with E-state index in [1.54, 1.807) is 0 Å². The number of benzene rings is 1. The molecule has 0 atom stereocenters. The molecule has 1 aliphatic rings. The highest BCUT2D eigenvalue weighted by Crippen LogP contribution is 2.09. The predicted molar refractivity (Wildman–Crippen MR) is 73.6 cm³/mol. The van der Waals surface area contributed by atoms with Gasteiger partial charge in [-0.2, -0.15) is 4.31 Å². The van der Waals surface area contributed by atoms with Gasteiger partial charge in [0.25, 0.3) is 0 Å². The van der Waals surface area contributed by atoms with Crippen molar-refractivity contribution in [2.75, 3.05) is 19.6 Å². The normalized spacial score (nSPS) is 18.2. The zero-order valence-corrected chi connectivity index (χ0v) is 11.3. The Balaban J connectivity index is 2.13. The quantitative estimate of drug-likeness (QED) is 0.891. The standard InChI is InChI=1S/C13H16N2O3S/c16-13-11-15(9-4-8-14-13)19(17,18)10-7-12-5-2-1-3-6-12/h1-3,5-7,10H,4,8-9,11H2,(H,14,16). The number of carbonyl (C=O) groups is 1. The van der Waals surface area contributed by atoms with Crippen LogP contribution in [0.3, 0.4) is 0 Å². The molecule has 1 aromatic carbocycles. The van der Waals surface area contributed by atoms with Gasteiger partial charge in [0.2, 0.25) is 15.9 Å². The summed E-state index contributed by atoms with van der Waals surface area (Å²) < 4.78 is 25.4. The molecule has 5 nitrogen and oxygen atoms in total. The number of hydrogen-bond donors (Lipinski definition) is 1. The van der Waals surface area contributed by atoms with Gasteiger partial charge in [0.1, 0.15) is 0 Å². The molecule has 1 heterocycles. The lowest BCUT2D eigenvalue weighted by Crippen LogP contribution is -2.36. The predicted octanol–water partition coefficient (Wildman–Crippen LogP) is 0.809. The van der Waals surface area contributed by atoms with Gasteiger partial charge in [-0.3, -0.25) is 4.79 Å². The molecule has 1 saturated heterocycles. The summed E-state index contributed by atoms with van der Waals surface area (Å²) in [5.74, 6) is -0.255. The summed E-state index contributed by atoms with van der Waals surface area (Å²) in [6.07, 6.45) is 2.17. The Hall–Kier alpha value is -1.66. The summed E-state index contributed by atoms with van der Waals surface area (Å²) in [5.41, 5.74) is 0.811. The molecular formula is C13H16N2O3S. The monoisotopic (exact) mass is 280 g/mol. The Morgan fingerprint density at radius 3 is 2.68 bits per heavy atom. The third kappa shape index (κ3) is 3.90. The van der Waals surface area contributed by atoms with Gasteiger partial charge in [-0.05, 0) is 18.1 Å². The second-order valence-electron chi connectivity index (χ2n) is 4.30. The van der Waals surface area contributed by atoms with Crippen LogP contribution in [0, 0.1) is 0 Å². The molecule has 19 heavy (non-hydrogen) atoms. The van der Waals surface area contributed by atoms with E-state index in [0.29, 0.717) is 19.5 Å². The van der Waals surface area contributed by atoms with E-state index < -0.39 is 10.0 Å². The number of rotatable bonds is 3. The van der Waals surface area contributed by atoms with E-state index in [-0.39, 0.29) is 12.5 Å². The fraction of sp³-hybridized carbons (Fsp3) is 0.308. The topological polar surface area (TPSA) is 66.5 Å². The van der Waals surface area contributed by atoms with E-state index in [2.05, 4.69) is 5.32 Å². The molecule has 6 heteroatoms. The Morgan fingerprint density at radius 2 is 1.95 bits per heavy atom. The van der Waals surface area contributed by atoms with E-state index >= 15 is 0 Å². The second-order valence-corrected chi connectivity index (χ2v) is 6.11. The minimum absolute atomic E-state index is 0.110. The van der Waals surface area contributed by atoms with Crippen LogP contribution < -0.4 is 5.32 Å². The van der Waals surface area contributed by atoms with E-state index in [1.165, 1.54) is 10.4 Å².